The monoisotopic (exact) mass is 159 g/mol. The van der Waals surface area contributed by atoms with Gasteiger partial charge in [-0.05, 0) is 37.1 Å². The summed E-state index contributed by atoms with van der Waals surface area (Å²) in [7, 11) is 2.08. The average Bonchev–Trinajstić information content (AvgIpc) is 2.33. The van der Waals surface area contributed by atoms with Crippen LogP contribution < -0.4 is 0 Å². The fourth-order valence-electron chi connectivity index (χ4n) is 1.73. The molecule has 0 saturated heterocycles. The summed E-state index contributed by atoms with van der Waals surface area (Å²) in [6.07, 6.45) is 2.11. The lowest BCUT2D eigenvalue weighted by molar-refractivity contribution is 0.968. The number of rotatable bonds is 0. The molecule has 0 aliphatic rings. The van der Waals surface area contributed by atoms with Gasteiger partial charge in [-0.3, -0.25) is 0 Å². The van der Waals surface area contributed by atoms with Crippen LogP contribution in [0.4, 0.5) is 0 Å². The molecule has 0 unspecified atom stereocenters. The van der Waals surface area contributed by atoms with Gasteiger partial charge in [0, 0.05) is 24.1 Å². The zero-order valence-corrected chi connectivity index (χ0v) is 7.76. The maximum atomic E-state index is 2.22. The summed E-state index contributed by atoms with van der Waals surface area (Å²) in [4.78, 5) is 0. The molecule has 0 saturated carbocycles. The minimum Gasteiger partial charge on any atom is -0.351 e. The van der Waals surface area contributed by atoms with Gasteiger partial charge in [0.15, 0.2) is 0 Å². The zero-order chi connectivity index (χ0) is 8.72. The highest BCUT2D eigenvalue weighted by molar-refractivity contribution is 5.84. The summed E-state index contributed by atoms with van der Waals surface area (Å²) in [6, 6.07) is 6.62. The third-order valence-electron chi connectivity index (χ3n) is 2.35. The molecule has 1 aromatic carbocycles. The Balaban J connectivity index is 2.92. The van der Waals surface area contributed by atoms with Gasteiger partial charge in [-0.15, -0.1) is 0 Å². The second kappa shape index (κ2) is 2.37. The fourth-order valence-corrected chi connectivity index (χ4v) is 1.73. The second-order valence-corrected chi connectivity index (χ2v) is 3.44. The largest absolute Gasteiger partial charge is 0.351 e. The van der Waals surface area contributed by atoms with E-state index in [9.17, 15) is 0 Å². The van der Waals surface area contributed by atoms with Crippen LogP contribution in [0.2, 0.25) is 0 Å². The topological polar surface area (TPSA) is 4.93 Å². The molecule has 1 heteroatoms. The van der Waals surface area contributed by atoms with Gasteiger partial charge >= 0.3 is 0 Å². The maximum Gasteiger partial charge on any atom is 0.0482 e. The predicted molar refractivity (Wildman–Crippen MR) is 52.4 cm³/mol. The molecular weight excluding hydrogens is 146 g/mol. The smallest absolute Gasteiger partial charge is 0.0482 e. The Morgan fingerprint density at radius 2 is 1.92 bits per heavy atom. The number of hydrogen-bond acceptors (Lipinski definition) is 0. The van der Waals surface area contributed by atoms with Crippen LogP contribution in [-0.2, 0) is 7.05 Å². The number of aromatic nitrogens is 1. The third-order valence-corrected chi connectivity index (χ3v) is 2.35. The molecule has 0 bridgehead atoms. The van der Waals surface area contributed by atoms with E-state index in [0.717, 1.165) is 0 Å². The molecule has 0 atom stereocenters. The van der Waals surface area contributed by atoms with Gasteiger partial charge < -0.3 is 4.57 Å². The second-order valence-electron chi connectivity index (χ2n) is 3.44. The standard InChI is InChI=1S/C11H13N/c1-8-6-9(2)10-4-5-12(3)11(10)7-8/h4-7H,1-3H3. The van der Waals surface area contributed by atoms with Crippen LogP contribution >= 0.6 is 0 Å². The maximum absolute atomic E-state index is 2.22. The minimum absolute atomic E-state index is 1.33. The van der Waals surface area contributed by atoms with Gasteiger partial charge in [-0.1, -0.05) is 6.07 Å². The average molecular weight is 159 g/mol. The molecule has 12 heavy (non-hydrogen) atoms. The molecular formula is C11H13N. The van der Waals surface area contributed by atoms with Crippen LogP contribution in [0.1, 0.15) is 11.1 Å². The third kappa shape index (κ3) is 0.934. The van der Waals surface area contributed by atoms with E-state index in [2.05, 4.69) is 49.9 Å². The molecule has 1 heterocycles. The molecule has 2 rings (SSSR count). The van der Waals surface area contributed by atoms with Gasteiger partial charge in [-0.25, -0.2) is 0 Å². The lowest BCUT2D eigenvalue weighted by atomic mass is 10.1. The van der Waals surface area contributed by atoms with Crippen molar-refractivity contribution in [2.45, 2.75) is 13.8 Å². The van der Waals surface area contributed by atoms with Crippen molar-refractivity contribution >= 4 is 10.9 Å². The lowest BCUT2D eigenvalue weighted by Crippen LogP contribution is -1.85. The Bertz CT molecular complexity index is 424. The van der Waals surface area contributed by atoms with Crippen molar-refractivity contribution in [2.24, 2.45) is 7.05 Å². The Kier molecular flexibility index (Phi) is 1.47. The molecule has 62 valence electrons. The first-order chi connectivity index (χ1) is 5.68. The minimum atomic E-state index is 1.33. The van der Waals surface area contributed by atoms with Gasteiger partial charge in [0.2, 0.25) is 0 Å². The summed E-state index contributed by atoms with van der Waals surface area (Å²) in [5, 5.41) is 1.36. The van der Waals surface area contributed by atoms with Crippen LogP contribution in [0.25, 0.3) is 10.9 Å². The quantitative estimate of drug-likeness (QED) is 0.557. The van der Waals surface area contributed by atoms with Gasteiger partial charge in [-0.2, -0.15) is 0 Å². The highest BCUT2D eigenvalue weighted by Gasteiger charge is 2.00. The summed E-state index contributed by atoms with van der Waals surface area (Å²) in [5.74, 6) is 0. The molecule has 0 aliphatic carbocycles. The number of fused-ring (bicyclic) bond motifs is 1. The SMILES string of the molecule is Cc1cc(C)c2ccn(C)c2c1. The molecule has 0 fully saturated rings. The van der Waals surface area contributed by atoms with Gasteiger partial charge in [0.25, 0.3) is 0 Å². The number of hydrogen-bond donors (Lipinski definition) is 0. The molecule has 0 amide bonds. The van der Waals surface area contributed by atoms with Crippen molar-refractivity contribution in [3.63, 3.8) is 0 Å². The van der Waals surface area contributed by atoms with Crippen molar-refractivity contribution in [3.8, 4) is 0 Å². The Morgan fingerprint density at radius 3 is 2.67 bits per heavy atom. The highest BCUT2D eigenvalue weighted by Crippen LogP contribution is 2.20. The van der Waals surface area contributed by atoms with E-state index in [0.29, 0.717) is 0 Å². The Morgan fingerprint density at radius 1 is 1.17 bits per heavy atom. The van der Waals surface area contributed by atoms with E-state index in [1.165, 1.54) is 22.0 Å². The summed E-state index contributed by atoms with van der Waals surface area (Å²) in [5.41, 5.74) is 4.03. The summed E-state index contributed by atoms with van der Waals surface area (Å²) >= 11 is 0. The number of aryl methyl sites for hydroxylation is 3. The lowest BCUT2D eigenvalue weighted by Gasteiger charge is -2.01. The number of nitrogens with zero attached hydrogens (tertiary/aromatic N) is 1. The molecule has 0 aliphatic heterocycles. The van der Waals surface area contributed by atoms with E-state index >= 15 is 0 Å². The van der Waals surface area contributed by atoms with E-state index in [-0.39, 0.29) is 0 Å². The van der Waals surface area contributed by atoms with Crippen molar-refractivity contribution in [1.29, 1.82) is 0 Å². The summed E-state index contributed by atoms with van der Waals surface area (Å²) < 4.78 is 2.16. The zero-order valence-electron chi connectivity index (χ0n) is 7.76. The Hall–Kier alpha value is -1.24. The van der Waals surface area contributed by atoms with Crippen molar-refractivity contribution < 1.29 is 0 Å². The van der Waals surface area contributed by atoms with Crippen molar-refractivity contribution in [3.05, 3.63) is 35.5 Å². The van der Waals surface area contributed by atoms with Gasteiger partial charge in [0.1, 0.15) is 0 Å². The fraction of sp³-hybridized carbons (Fsp3) is 0.273. The van der Waals surface area contributed by atoms with Crippen LogP contribution in [0.15, 0.2) is 24.4 Å². The first kappa shape index (κ1) is 7.41. The first-order valence-corrected chi connectivity index (χ1v) is 4.21. The van der Waals surface area contributed by atoms with E-state index in [1.54, 1.807) is 0 Å². The van der Waals surface area contributed by atoms with Crippen LogP contribution in [0.3, 0.4) is 0 Å². The van der Waals surface area contributed by atoms with E-state index < -0.39 is 0 Å². The Labute approximate surface area is 72.6 Å². The molecule has 1 aromatic heterocycles. The number of benzene rings is 1. The van der Waals surface area contributed by atoms with Crippen LogP contribution in [0.5, 0.6) is 0 Å². The van der Waals surface area contributed by atoms with E-state index in [4.69, 9.17) is 0 Å². The highest BCUT2D eigenvalue weighted by atomic mass is 14.9. The first-order valence-electron chi connectivity index (χ1n) is 4.21. The molecule has 1 nitrogen and oxygen atoms in total. The molecule has 0 radical (unpaired) electrons. The van der Waals surface area contributed by atoms with Crippen LogP contribution in [0, 0.1) is 13.8 Å². The molecule has 0 N–H and O–H groups in total. The molecule has 2 aromatic rings. The normalized spacial score (nSPS) is 10.9. The van der Waals surface area contributed by atoms with Gasteiger partial charge in [0.05, 0.1) is 0 Å². The summed E-state index contributed by atoms with van der Waals surface area (Å²) in [6.45, 7) is 4.30. The van der Waals surface area contributed by atoms with Crippen LogP contribution in [-0.4, -0.2) is 4.57 Å². The van der Waals surface area contributed by atoms with E-state index in [1.807, 2.05) is 0 Å². The molecule has 0 spiro atoms. The predicted octanol–water partition coefficient (Wildman–Crippen LogP) is 2.80. The van der Waals surface area contributed by atoms with Crippen molar-refractivity contribution in [1.82, 2.24) is 4.57 Å². The van der Waals surface area contributed by atoms with Crippen molar-refractivity contribution in [2.75, 3.05) is 0 Å².